The van der Waals surface area contributed by atoms with Crippen LogP contribution in [-0.4, -0.2) is 49.1 Å². The van der Waals surface area contributed by atoms with Crippen LogP contribution in [0.4, 0.5) is 0 Å². The summed E-state index contributed by atoms with van der Waals surface area (Å²) in [7, 11) is 0. The molecule has 1 aromatic carbocycles. The summed E-state index contributed by atoms with van der Waals surface area (Å²) in [5.41, 5.74) is 1.46. The molecule has 1 aromatic rings. The molecule has 1 heterocycles. The molecule has 2 fully saturated rings. The first-order valence-electron chi connectivity index (χ1n) is 7.47. The van der Waals surface area contributed by atoms with E-state index < -0.39 is 0 Å². The maximum absolute atomic E-state index is 12.2. The van der Waals surface area contributed by atoms with Gasteiger partial charge in [0.1, 0.15) is 0 Å². The summed E-state index contributed by atoms with van der Waals surface area (Å²) in [5, 5.41) is 6.74. The number of amides is 1. The van der Waals surface area contributed by atoms with Crippen molar-refractivity contribution < 1.29 is 4.79 Å². The second-order valence-electron chi connectivity index (χ2n) is 6.07. The van der Waals surface area contributed by atoms with Crippen LogP contribution in [0.5, 0.6) is 0 Å². The molecule has 0 unspecified atom stereocenters. The molecule has 2 atom stereocenters. The van der Waals surface area contributed by atoms with Crippen molar-refractivity contribution in [1.29, 1.82) is 0 Å². The third-order valence-electron chi connectivity index (χ3n) is 4.55. The van der Waals surface area contributed by atoms with E-state index in [4.69, 9.17) is 0 Å². The van der Waals surface area contributed by atoms with Gasteiger partial charge in [0, 0.05) is 37.6 Å². The fourth-order valence-electron chi connectivity index (χ4n) is 3.04. The minimum atomic E-state index is 0.0883. The SMILES string of the molecule is C[C@@]1(NCC(=O)N2CCNCC2)C[C@H]1c1ccccc1. The molecule has 0 bridgehead atoms. The van der Waals surface area contributed by atoms with Crippen LogP contribution in [0.1, 0.15) is 24.8 Å². The molecule has 1 saturated heterocycles. The first-order valence-corrected chi connectivity index (χ1v) is 7.47. The largest absolute Gasteiger partial charge is 0.339 e. The molecule has 1 amide bonds. The molecule has 2 N–H and O–H groups in total. The van der Waals surface area contributed by atoms with Crippen molar-refractivity contribution in [3.8, 4) is 0 Å². The van der Waals surface area contributed by atoms with Gasteiger partial charge in [0.25, 0.3) is 0 Å². The molecule has 1 saturated carbocycles. The fraction of sp³-hybridized carbons (Fsp3) is 0.562. The number of piperazine rings is 1. The zero-order chi connectivity index (χ0) is 14.0. The zero-order valence-electron chi connectivity index (χ0n) is 12.1. The lowest BCUT2D eigenvalue weighted by Gasteiger charge is -2.28. The van der Waals surface area contributed by atoms with E-state index in [9.17, 15) is 4.79 Å². The molecule has 1 aliphatic heterocycles. The van der Waals surface area contributed by atoms with Crippen LogP contribution in [0.3, 0.4) is 0 Å². The Kier molecular flexibility index (Phi) is 3.76. The highest BCUT2D eigenvalue weighted by atomic mass is 16.2. The number of hydrogen-bond acceptors (Lipinski definition) is 3. The Morgan fingerprint density at radius 1 is 1.35 bits per heavy atom. The van der Waals surface area contributed by atoms with Gasteiger partial charge in [0.05, 0.1) is 6.54 Å². The third-order valence-corrected chi connectivity index (χ3v) is 4.55. The summed E-state index contributed by atoms with van der Waals surface area (Å²) in [6.07, 6.45) is 1.12. The third kappa shape index (κ3) is 2.86. The van der Waals surface area contributed by atoms with Crippen LogP contribution in [0.15, 0.2) is 30.3 Å². The van der Waals surface area contributed by atoms with E-state index in [1.54, 1.807) is 0 Å². The topological polar surface area (TPSA) is 44.4 Å². The number of nitrogens with one attached hydrogen (secondary N) is 2. The summed E-state index contributed by atoms with van der Waals surface area (Å²) >= 11 is 0. The highest BCUT2D eigenvalue weighted by molar-refractivity contribution is 5.78. The molecule has 2 aliphatic rings. The monoisotopic (exact) mass is 273 g/mol. The van der Waals surface area contributed by atoms with Crippen LogP contribution >= 0.6 is 0 Å². The molecule has 1 aliphatic carbocycles. The van der Waals surface area contributed by atoms with Crippen LogP contribution in [0, 0.1) is 0 Å². The van der Waals surface area contributed by atoms with Gasteiger partial charge in [-0.25, -0.2) is 0 Å². The average molecular weight is 273 g/mol. The average Bonchev–Trinajstić information content (AvgIpc) is 3.19. The van der Waals surface area contributed by atoms with Crippen molar-refractivity contribution in [3.05, 3.63) is 35.9 Å². The summed E-state index contributed by atoms with van der Waals surface area (Å²) in [4.78, 5) is 14.1. The van der Waals surface area contributed by atoms with Gasteiger partial charge >= 0.3 is 0 Å². The summed E-state index contributed by atoms with van der Waals surface area (Å²) < 4.78 is 0. The Balaban J connectivity index is 1.50. The molecular formula is C16H23N3O. The molecule has 4 heteroatoms. The van der Waals surface area contributed by atoms with Gasteiger partial charge in [0.2, 0.25) is 5.91 Å². The molecule has 0 radical (unpaired) electrons. The van der Waals surface area contributed by atoms with E-state index >= 15 is 0 Å². The lowest BCUT2D eigenvalue weighted by atomic mass is 10.1. The number of hydrogen-bond donors (Lipinski definition) is 2. The predicted molar refractivity (Wildman–Crippen MR) is 79.7 cm³/mol. The van der Waals surface area contributed by atoms with Crippen LogP contribution in [0.25, 0.3) is 0 Å². The maximum Gasteiger partial charge on any atom is 0.236 e. The zero-order valence-corrected chi connectivity index (χ0v) is 12.1. The van der Waals surface area contributed by atoms with Crippen LogP contribution in [0.2, 0.25) is 0 Å². The number of benzene rings is 1. The van der Waals surface area contributed by atoms with Gasteiger partial charge in [-0.3, -0.25) is 4.79 Å². The van der Waals surface area contributed by atoms with Gasteiger partial charge in [-0.2, -0.15) is 0 Å². The van der Waals surface area contributed by atoms with Gasteiger partial charge in [-0.1, -0.05) is 30.3 Å². The van der Waals surface area contributed by atoms with Crippen molar-refractivity contribution in [2.45, 2.75) is 24.8 Å². The second kappa shape index (κ2) is 5.54. The van der Waals surface area contributed by atoms with Crippen molar-refractivity contribution in [2.75, 3.05) is 32.7 Å². The Morgan fingerprint density at radius 3 is 2.75 bits per heavy atom. The molecule has 4 nitrogen and oxygen atoms in total. The Hall–Kier alpha value is -1.39. The van der Waals surface area contributed by atoms with Crippen molar-refractivity contribution in [1.82, 2.24) is 15.5 Å². The summed E-state index contributed by atoms with van der Waals surface area (Å²) in [5.74, 6) is 0.769. The first kappa shape index (κ1) is 13.6. The Labute approximate surface area is 120 Å². The molecule has 20 heavy (non-hydrogen) atoms. The van der Waals surface area contributed by atoms with E-state index in [1.807, 2.05) is 11.0 Å². The quantitative estimate of drug-likeness (QED) is 0.858. The number of rotatable bonds is 4. The standard InChI is InChI=1S/C16H23N3O/c1-16(11-14(16)13-5-3-2-4-6-13)18-12-15(20)19-9-7-17-8-10-19/h2-6,14,17-18H,7-12H2,1H3/t14-,16+/m0/s1. The Morgan fingerprint density at radius 2 is 2.05 bits per heavy atom. The van der Waals surface area contributed by atoms with E-state index in [0.717, 1.165) is 32.6 Å². The van der Waals surface area contributed by atoms with Gasteiger partial charge in [-0.05, 0) is 18.9 Å². The maximum atomic E-state index is 12.2. The first-order chi connectivity index (χ1) is 9.69. The normalized spacial score (nSPS) is 29.2. The van der Waals surface area contributed by atoms with Gasteiger partial charge in [0.15, 0.2) is 0 Å². The fourth-order valence-corrected chi connectivity index (χ4v) is 3.04. The number of carbonyl (C=O) groups is 1. The molecule has 108 valence electrons. The predicted octanol–water partition coefficient (Wildman–Crippen LogP) is 0.954. The van der Waals surface area contributed by atoms with E-state index in [0.29, 0.717) is 12.5 Å². The number of carbonyl (C=O) groups excluding carboxylic acids is 1. The number of nitrogens with zero attached hydrogens (tertiary/aromatic N) is 1. The molecule has 0 spiro atoms. The van der Waals surface area contributed by atoms with Crippen LogP contribution < -0.4 is 10.6 Å². The molecule has 0 aromatic heterocycles. The smallest absolute Gasteiger partial charge is 0.236 e. The molecular weight excluding hydrogens is 250 g/mol. The summed E-state index contributed by atoms with van der Waals surface area (Å²) in [6.45, 7) is 6.17. The van der Waals surface area contributed by atoms with Gasteiger partial charge < -0.3 is 15.5 Å². The lowest BCUT2D eigenvalue weighted by Crippen LogP contribution is -2.50. The second-order valence-corrected chi connectivity index (χ2v) is 6.07. The van der Waals surface area contributed by atoms with Crippen molar-refractivity contribution in [2.24, 2.45) is 0 Å². The highest BCUT2D eigenvalue weighted by Gasteiger charge is 2.50. The van der Waals surface area contributed by atoms with Crippen molar-refractivity contribution >= 4 is 5.91 Å². The van der Waals surface area contributed by atoms with E-state index in [2.05, 4.69) is 41.8 Å². The lowest BCUT2D eigenvalue weighted by molar-refractivity contribution is -0.130. The minimum Gasteiger partial charge on any atom is -0.339 e. The summed E-state index contributed by atoms with van der Waals surface area (Å²) in [6, 6.07) is 10.6. The van der Waals surface area contributed by atoms with Crippen LogP contribution in [-0.2, 0) is 4.79 Å². The van der Waals surface area contributed by atoms with Gasteiger partial charge in [-0.15, -0.1) is 0 Å². The minimum absolute atomic E-state index is 0.0883. The van der Waals surface area contributed by atoms with E-state index in [-0.39, 0.29) is 11.4 Å². The van der Waals surface area contributed by atoms with E-state index in [1.165, 1.54) is 5.56 Å². The molecule has 3 rings (SSSR count). The highest BCUT2D eigenvalue weighted by Crippen LogP contribution is 2.50. The van der Waals surface area contributed by atoms with Crippen molar-refractivity contribution in [3.63, 3.8) is 0 Å². The Bertz CT molecular complexity index is 470.